The first-order valence-corrected chi connectivity index (χ1v) is 15.8. The van der Waals surface area contributed by atoms with Gasteiger partial charge in [-0.15, -0.1) is 0 Å². The van der Waals surface area contributed by atoms with Gasteiger partial charge in [0.15, 0.2) is 0 Å². The third-order valence-electron chi connectivity index (χ3n) is 7.98. The number of benzene rings is 1. The molecule has 8 heteroatoms. The number of rotatable bonds is 10. The minimum atomic E-state index is -3.61. The molecule has 1 aromatic rings. The van der Waals surface area contributed by atoms with Gasteiger partial charge in [0.25, 0.3) is 0 Å². The lowest BCUT2D eigenvalue weighted by molar-refractivity contribution is -0.146. The number of esters is 1. The quantitative estimate of drug-likeness (QED) is 0.271. The highest BCUT2D eigenvalue weighted by molar-refractivity contribution is 7.59. The summed E-state index contributed by atoms with van der Waals surface area (Å²) in [7, 11) is -3.61. The number of alkyl carbamates (subject to hydrolysis) is 1. The molecular weight excluding hydrogens is 489 g/mol. The largest absolute Gasteiger partial charge is 0.466 e. The van der Waals surface area contributed by atoms with E-state index in [1.165, 1.54) is 19.3 Å². The van der Waals surface area contributed by atoms with Crippen LogP contribution in [0.5, 0.6) is 0 Å². The maximum absolute atomic E-state index is 15.1. The first-order chi connectivity index (χ1) is 17.4. The van der Waals surface area contributed by atoms with Gasteiger partial charge < -0.3 is 19.3 Å². The van der Waals surface area contributed by atoms with E-state index in [4.69, 9.17) is 14.0 Å². The lowest BCUT2D eigenvalue weighted by atomic mass is 9.54. The van der Waals surface area contributed by atoms with Crippen molar-refractivity contribution in [3.63, 3.8) is 0 Å². The summed E-state index contributed by atoms with van der Waals surface area (Å²) in [6, 6.07) is 9.67. The summed E-state index contributed by atoms with van der Waals surface area (Å²) >= 11 is 0. The maximum Gasteiger partial charge on any atom is 0.408 e. The van der Waals surface area contributed by atoms with E-state index in [0.29, 0.717) is 24.2 Å². The van der Waals surface area contributed by atoms with E-state index in [9.17, 15) is 9.59 Å². The van der Waals surface area contributed by atoms with E-state index in [-0.39, 0.29) is 12.8 Å². The number of amides is 1. The van der Waals surface area contributed by atoms with Gasteiger partial charge in [0, 0.05) is 12.6 Å². The smallest absolute Gasteiger partial charge is 0.408 e. The Labute approximate surface area is 221 Å². The highest BCUT2D eigenvalue weighted by atomic mass is 31.2. The molecule has 4 bridgehead atoms. The van der Waals surface area contributed by atoms with Gasteiger partial charge in [-0.05, 0) is 89.5 Å². The lowest BCUT2D eigenvalue weighted by Crippen LogP contribution is -2.53. The molecule has 0 saturated heterocycles. The van der Waals surface area contributed by atoms with Crippen molar-refractivity contribution in [1.82, 2.24) is 5.32 Å². The van der Waals surface area contributed by atoms with Crippen molar-refractivity contribution in [2.75, 3.05) is 12.8 Å². The second-order valence-corrected chi connectivity index (χ2v) is 15.2. The molecule has 0 spiro atoms. The molecule has 4 aliphatic carbocycles. The highest BCUT2D eigenvalue weighted by Crippen LogP contribution is 2.65. The zero-order valence-electron chi connectivity index (χ0n) is 23.0. The number of hydrogen-bond acceptors (Lipinski definition) is 6. The normalized spacial score (nSPS) is 29.7. The van der Waals surface area contributed by atoms with Gasteiger partial charge in [-0.1, -0.05) is 37.3 Å². The van der Waals surface area contributed by atoms with E-state index in [1.807, 2.05) is 30.3 Å². The number of carbonyl (C=O) groups is 2. The Balaban J connectivity index is 1.67. The molecule has 206 valence electrons. The predicted molar refractivity (Wildman–Crippen MR) is 144 cm³/mol. The zero-order valence-corrected chi connectivity index (χ0v) is 23.9. The van der Waals surface area contributed by atoms with Gasteiger partial charge >= 0.3 is 12.1 Å². The van der Waals surface area contributed by atoms with Crippen LogP contribution in [0.15, 0.2) is 30.3 Å². The van der Waals surface area contributed by atoms with Crippen LogP contribution >= 0.6 is 7.37 Å². The standard InChI is InChI=1S/C29H44NO6P/c1-6-34-26(31)20(2)19-37(33,36-29-16-22-12-23(17-29)14-24(13-22)18-29)25(15-21-10-8-7-9-11-21)30-27(32)35-28(3,4)5/h7-11,20,22-25H,6,12-19H2,1-5H3,(H,30,32). The fourth-order valence-electron chi connectivity index (χ4n) is 7.01. The van der Waals surface area contributed by atoms with E-state index < -0.39 is 42.3 Å². The molecule has 0 aromatic heterocycles. The summed E-state index contributed by atoms with van der Waals surface area (Å²) < 4.78 is 32.8. The Hall–Kier alpha value is -1.85. The van der Waals surface area contributed by atoms with Crippen LogP contribution in [-0.4, -0.2) is 41.8 Å². The fourth-order valence-corrected chi connectivity index (χ4v) is 10.0. The molecule has 0 radical (unpaired) electrons. The van der Waals surface area contributed by atoms with Crippen LogP contribution in [0.25, 0.3) is 0 Å². The van der Waals surface area contributed by atoms with Crippen molar-refractivity contribution >= 4 is 19.4 Å². The highest BCUT2D eigenvalue weighted by Gasteiger charge is 2.55. The molecule has 4 aliphatic rings. The molecule has 4 fully saturated rings. The fraction of sp³-hybridized carbons (Fsp3) is 0.724. The minimum absolute atomic E-state index is 0.0148. The molecular formula is C29H44NO6P. The molecule has 1 N–H and O–H groups in total. The SMILES string of the molecule is CCOC(=O)C(C)CP(=O)(OC12CC3CC(CC(C3)C1)C2)C(Cc1ccccc1)NC(=O)OC(C)(C)C. The maximum atomic E-state index is 15.1. The van der Waals surface area contributed by atoms with Gasteiger partial charge in [-0.25, -0.2) is 4.79 Å². The van der Waals surface area contributed by atoms with Crippen molar-refractivity contribution < 1.29 is 28.2 Å². The summed E-state index contributed by atoms with van der Waals surface area (Å²) in [5.74, 6) is -0.0312. The second kappa shape index (κ2) is 11.1. The number of ether oxygens (including phenoxy) is 2. The third kappa shape index (κ3) is 7.17. The van der Waals surface area contributed by atoms with Gasteiger partial charge in [-0.2, -0.15) is 0 Å². The molecule has 3 atom stereocenters. The minimum Gasteiger partial charge on any atom is -0.466 e. The third-order valence-corrected chi connectivity index (χ3v) is 11.0. The van der Waals surface area contributed by atoms with Crippen LogP contribution in [0.2, 0.25) is 0 Å². The molecule has 4 saturated carbocycles. The van der Waals surface area contributed by atoms with Gasteiger partial charge in [0.05, 0.1) is 18.1 Å². The van der Waals surface area contributed by atoms with Crippen molar-refractivity contribution in [3.05, 3.63) is 35.9 Å². The van der Waals surface area contributed by atoms with Crippen LogP contribution in [0.3, 0.4) is 0 Å². The molecule has 0 heterocycles. The average Bonchev–Trinajstić information content (AvgIpc) is 2.77. The van der Waals surface area contributed by atoms with Gasteiger partial charge in [-0.3, -0.25) is 9.36 Å². The van der Waals surface area contributed by atoms with E-state index in [1.54, 1.807) is 34.6 Å². The summed E-state index contributed by atoms with van der Waals surface area (Å²) in [5, 5.41) is 2.92. The van der Waals surface area contributed by atoms with Gasteiger partial charge in [0.1, 0.15) is 11.4 Å². The Bertz CT molecular complexity index is 968. The predicted octanol–water partition coefficient (Wildman–Crippen LogP) is 6.54. The monoisotopic (exact) mass is 533 g/mol. The Morgan fingerprint density at radius 2 is 1.62 bits per heavy atom. The van der Waals surface area contributed by atoms with Crippen molar-refractivity contribution in [2.45, 2.75) is 96.5 Å². The molecule has 7 nitrogen and oxygen atoms in total. The first kappa shape index (κ1) is 28.2. The summed E-state index contributed by atoms with van der Waals surface area (Å²) in [6.07, 6.45) is 6.11. The summed E-state index contributed by atoms with van der Waals surface area (Å²) in [4.78, 5) is 25.7. The number of nitrogens with one attached hydrogen (secondary N) is 1. The van der Waals surface area contributed by atoms with E-state index in [0.717, 1.165) is 24.8 Å². The van der Waals surface area contributed by atoms with E-state index in [2.05, 4.69) is 5.32 Å². The van der Waals surface area contributed by atoms with Crippen LogP contribution in [0.4, 0.5) is 4.79 Å². The average molecular weight is 534 g/mol. The Kier molecular flexibility index (Phi) is 8.45. The number of carbonyl (C=O) groups excluding carboxylic acids is 2. The van der Waals surface area contributed by atoms with Crippen LogP contribution in [0, 0.1) is 23.7 Å². The summed E-state index contributed by atoms with van der Waals surface area (Å²) in [6.45, 7) is 9.15. The topological polar surface area (TPSA) is 90.9 Å². The van der Waals surface area contributed by atoms with Gasteiger partial charge in [0.2, 0.25) is 7.37 Å². The molecule has 5 rings (SSSR count). The zero-order chi connectivity index (χ0) is 26.8. The van der Waals surface area contributed by atoms with Crippen molar-refractivity contribution in [2.24, 2.45) is 23.7 Å². The van der Waals surface area contributed by atoms with Crippen LogP contribution in [-0.2, 0) is 29.8 Å². The molecule has 1 amide bonds. The van der Waals surface area contributed by atoms with Crippen LogP contribution < -0.4 is 5.32 Å². The first-order valence-electron chi connectivity index (χ1n) is 13.9. The molecule has 37 heavy (non-hydrogen) atoms. The molecule has 1 aromatic carbocycles. The Morgan fingerprint density at radius 1 is 1.05 bits per heavy atom. The Morgan fingerprint density at radius 3 is 2.14 bits per heavy atom. The summed E-state index contributed by atoms with van der Waals surface area (Å²) in [5.41, 5.74) is -0.227. The molecule has 0 aliphatic heterocycles. The van der Waals surface area contributed by atoms with Crippen molar-refractivity contribution in [1.29, 1.82) is 0 Å². The molecule has 3 unspecified atom stereocenters. The lowest BCUT2D eigenvalue weighted by Gasteiger charge is -2.57. The number of hydrogen-bond donors (Lipinski definition) is 1. The van der Waals surface area contributed by atoms with Crippen molar-refractivity contribution in [3.8, 4) is 0 Å². The van der Waals surface area contributed by atoms with Crippen LogP contribution in [0.1, 0.15) is 78.7 Å². The second-order valence-electron chi connectivity index (χ2n) is 12.6. The van der Waals surface area contributed by atoms with E-state index >= 15 is 4.57 Å².